The lowest BCUT2D eigenvalue weighted by Crippen LogP contribution is -2.14. The average molecular weight is 491 g/mol. The van der Waals surface area contributed by atoms with Crippen LogP contribution in [0.3, 0.4) is 0 Å². The van der Waals surface area contributed by atoms with E-state index in [2.05, 4.69) is 26.1 Å². The lowest BCUT2D eigenvalue weighted by Gasteiger charge is -2.08. The molecule has 7 nitrogen and oxygen atoms in total. The largest absolute Gasteiger partial charge is 0.326 e. The summed E-state index contributed by atoms with van der Waals surface area (Å²) < 4.78 is 29.3. The van der Waals surface area contributed by atoms with E-state index in [4.69, 9.17) is 0 Å². The van der Waals surface area contributed by atoms with E-state index in [1.165, 1.54) is 29.7 Å². The van der Waals surface area contributed by atoms with Gasteiger partial charge in [-0.15, -0.1) is 22.7 Å². The number of rotatable bonds is 9. The van der Waals surface area contributed by atoms with Gasteiger partial charge in [0.15, 0.2) is 9.47 Å². The first-order valence-electron chi connectivity index (χ1n) is 9.30. The van der Waals surface area contributed by atoms with Crippen molar-refractivity contribution in [3.8, 4) is 0 Å². The molecule has 0 saturated heterocycles. The monoisotopic (exact) mass is 490 g/mol. The average Bonchev–Trinajstić information content (AvgIpc) is 3.40. The number of benzene rings is 2. The number of thioether (sulfide) groups is 1. The van der Waals surface area contributed by atoms with Crippen molar-refractivity contribution in [2.24, 2.45) is 0 Å². The van der Waals surface area contributed by atoms with E-state index in [1.54, 1.807) is 40.6 Å². The standard InChI is InChI=1S/C20H18N4O3S4/c25-18(6-3-12-29-20-23-16-4-1-2-5-17(16)30-20)22-14-7-9-15(10-8-14)31(26,27)24-19-21-11-13-28-19/h1-2,4-5,7-11,13H,3,6,12H2,(H,21,24)(H,22,25). The Kier molecular flexibility index (Phi) is 6.86. The van der Waals surface area contributed by atoms with Gasteiger partial charge in [-0.3, -0.25) is 9.52 Å². The third-order valence-electron chi connectivity index (χ3n) is 4.15. The van der Waals surface area contributed by atoms with Crippen molar-refractivity contribution in [1.29, 1.82) is 0 Å². The molecule has 160 valence electrons. The number of amides is 1. The SMILES string of the molecule is O=C(CCCSc1nc2ccccc2s1)Nc1ccc(S(=O)(=O)Nc2nccs2)cc1. The van der Waals surface area contributed by atoms with Crippen LogP contribution >= 0.6 is 34.4 Å². The fraction of sp³-hybridized carbons (Fsp3) is 0.150. The summed E-state index contributed by atoms with van der Waals surface area (Å²) in [5, 5.41) is 4.79. The second-order valence-corrected chi connectivity index (χ2v) is 11.4. The summed E-state index contributed by atoms with van der Waals surface area (Å²) in [5.74, 6) is 0.689. The van der Waals surface area contributed by atoms with Gasteiger partial charge in [0.25, 0.3) is 10.0 Å². The third-order valence-corrected chi connectivity index (χ3v) is 8.59. The summed E-state index contributed by atoms with van der Waals surface area (Å²) in [4.78, 5) is 20.8. The summed E-state index contributed by atoms with van der Waals surface area (Å²) in [6.45, 7) is 0. The van der Waals surface area contributed by atoms with Crippen LogP contribution in [0.4, 0.5) is 10.8 Å². The first-order chi connectivity index (χ1) is 15.0. The summed E-state index contributed by atoms with van der Waals surface area (Å²) >= 11 is 4.51. The number of nitrogens with zero attached hydrogens (tertiary/aromatic N) is 2. The Balaban J connectivity index is 1.24. The highest BCUT2D eigenvalue weighted by atomic mass is 32.2. The zero-order chi connectivity index (χ0) is 21.7. The third kappa shape index (κ3) is 5.82. The maximum absolute atomic E-state index is 12.3. The maximum Gasteiger partial charge on any atom is 0.263 e. The first-order valence-corrected chi connectivity index (χ1v) is 13.5. The van der Waals surface area contributed by atoms with E-state index >= 15 is 0 Å². The topological polar surface area (TPSA) is 101 Å². The van der Waals surface area contributed by atoms with Gasteiger partial charge in [-0.2, -0.15) is 0 Å². The number of aromatic nitrogens is 2. The van der Waals surface area contributed by atoms with Crippen LogP contribution in [-0.4, -0.2) is 30.0 Å². The number of thiazole rings is 2. The quantitative estimate of drug-likeness (QED) is 0.251. The number of hydrogen-bond acceptors (Lipinski definition) is 8. The minimum atomic E-state index is -3.70. The number of nitrogens with one attached hydrogen (secondary N) is 2. The van der Waals surface area contributed by atoms with Crippen LogP contribution in [0, 0.1) is 0 Å². The van der Waals surface area contributed by atoms with E-state index in [9.17, 15) is 13.2 Å². The molecular weight excluding hydrogens is 473 g/mol. The highest BCUT2D eigenvalue weighted by molar-refractivity contribution is 8.01. The number of carbonyl (C=O) groups is 1. The second-order valence-electron chi connectivity index (χ2n) is 6.41. The highest BCUT2D eigenvalue weighted by Crippen LogP contribution is 2.29. The fourth-order valence-electron chi connectivity index (χ4n) is 2.69. The van der Waals surface area contributed by atoms with Crippen LogP contribution in [-0.2, 0) is 14.8 Å². The normalized spacial score (nSPS) is 11.5. The number of para-hydroxylation sites is 1. The molecule has 2 aromatic heterocycles. The second kappa shape index (κ2) is 9.77. The van der Waals surface area contributed by atoms with Crippen molar-refractivity contribution in [2.75, 3.05) is 15.8 Å². The summed E-state index contributed by atoms with van der Waals surface area (Å²) in [7, 11) is -3.70. The molecule has 2 aromatic carbocycles. The molecule has 2 heterocycles. The lowest BCUT2D eigenvalue weighted by molar-refractivity contribution is -0.116. The van der Waals surface area contributed by atoms with Gasteiger partial charge in [0, 0.05) is 29.4 Å². The molecule has 0 atom stereocenters. The molecule has 0 unspecified atom stereocenters. The molecule has 0 radical (unpaired) electrons. The number of anilines is 2. The van der Waals surface area contributed by atoms with E-state index in [-0.39, 0.29) is 10.8 Å². The first kappa shape index (κ1) is 21.8. The molecule has 0 aliphatic carbocycles. The zero-order valence-corrected chi connectivity index (χ0v) is 19.4. The maximum atomic E-state index is 12.3. The van der Waals surface area contributed by atoms with Crippen molar-refractivity contribution < 1.29 is 13.2 Å². The molecule has 31 heavy (non-hydrogen) atoms. The number of hydrogen-bond donors (Lipinski definition) is 2. The van der Waals surface area contributed by atoms with E-state index < -0.39 is 10.0 Å². The van der Waals surface area contributed by atoms with Crippen LogP contribution in [0.1, 0.15) is 12.8 Å². The van der Waals surface area contributed by atoms with Crippen LogP contribution < -0.4 is 10.0 Å². The Labute approximate surface area is 192 Å². The summed E-state index contributed by atoms with van der Waals surface area (Å²) in [6.07, 6.45) is 2.62. The molecule has 0 spiro atoms. The molecule has 1 amide bonds. The van der Waals surface area contributed by atoms with Crippen LogP contribution in [0.2, 0.25) is 0 Å². The Morgan fingerprint density at radius 2 is 1.90 bits per heavy atom. The van der Waals surface area contributed by atoms with Crippen molar-refractivity contribution in [3.05, 3.63) is 60.1 Å². The molecule has 0 aliphatic rings. The molecule has 0 fully saturated rings. The molecule has 0 bridgehead atoms. The van der Waals surface area contributed by atoms with Gasteiger partial charge >= 0.3 is 0 Å². The molecule has 0 saturated carbocycles. The minimum Gasteiger partial charge on any atom is -0.326 e. The Morgan fingerprint density at radius 1 is 1.10 bits per heavy atom. The van der Waals surface area contributed by atoms with Gasteiger partial charge in [0.05, 0.1) is 15.1 Å². The Morgan fingerprint density at radius 3 is 2.65 bits per heavy atom. The lowest BCUT2D eigenvalue weighted by atomic mass is 10.3. The number of carbonyl (C=O) groups excluding carboxylic acids is 1. The van der Waals surface area contributed by atoms with Gasteiger partial charge in [0.1, 0.15) is 0 Å². The van der Waals surface area contributed by atoms with Crippen molar-refractivity contribution >= 4 is 71.4 Å². The van der Waals surface area contributed by atoms with Gasteiger partial charge < -0.3 is 5.32 Å². The molecule has 4 rings (SSSR count). The minimum absolute atomic E-state index is 0.105. The van der Waals surface area contributed by atoms with Crippen LogP contribution in [0.25, 0.3) is 10.2 Å². The summed E-state index contributed by atoms with van der Waals surface area (Å²) in [5.41, 5.74) is 1.55. The van der Waals surface area contributed by atoms with Gasteiger partial charge in [-0.1, -0.05) is 23.9 Å². The Hall–Kier alpha value is -2.47. The number of fused-ring (bicyclic) bond motifs is 1. The van der Waals surface area contributed by atoms with Crippen molar-refractivity contribution in [2.45, 2.75) is 22.1 Å². The van der Waals surface area contributed by atoms with Crippen molar-refractivity contribution in [3.63, 3.8) is 0 Å². The molecule has 4 aromatic rings. The molecule has 0 aliphatic heterocycles. The van der Waals surface area contributed by atoms with E-state index in [1.807, 2.05) is 18.2 Å². The highest BCUT2D eigenvalue weighted by Gasteiger charge is 2.15. The summed E-state index contributed by atoms with van der Waals surface area (Å²) in [6, 6.07) is 14.1. The van der Waals surface area contributed by atoms with Gasteiger partial charge in [-0.25, -0.2) is 18.4 Å². The van der Waals surface area contributed by atoms with Crippen molar-refractivity contribution in [1.82, 2.24) is 9.97 Å². The predicted octanol–water partition coefficient (Wildman–Crippen LogP) is 5.06. The zero-order valence-electron chi connectivity index (χ0n) is 16.1. The fourth-order valence-corrected chi connectivity index (χ4v) is 6.56. The van der Waals surface area contributed by atoms with E-state index in [0.717, 1.165) is 26.7 Å². The Bertz CT molecular complexity index is 1240. The van der Waals surface area contributed by atoms with Gasteiger partial charge in [0.2, 0.25) is 5.91 Å². The number of sulfonamides is 1. The smallest absolute Gasteiger partial charge is 0.263 e. The van der Waals surface area contributed by atoms with Crippen LogP contribution in [0.15, 0.2) is 69.3 Å². The predicted molar refractivity (Wildman–Crippen MR) is 128 cm³/mol. The van der Waals surface area contributed by atoms with Crippen LogP contribution in [0.5, 0.6) is 0 Å². The molecule has 11 heteroatoms. The van der Waals surface area contributed by atoms with E-state index in [0.29, 0.717) is 17.2 Å². The molecule has 2 N–H and O–H groups in total. The molecular formula is C20H18N4O3S4. The van der Waals surface area contributed by atoms with Gasteiger partial charge in [-0.05, 0) is 42.8 Å².